The third-order valence-corrected chi connectivity index (χ3v) is 3.56. The third kappa shape index (κ3) is 3.64. The Balaban J connectivity index is 2.01. The van der Waals surface area contributed by atoms with Crippen LogP contribution < -0.4 is 0 Å². The van der Waals surface area contributed by atoms with Crippen molar-refractivity contribution in [3.63, 3.8) is 0 Å². The second-order valence-corrected chi connectivity index (χ2v) is 5.10. The Bertz CT molecular complexity index is 575. The number of benzene rings is 1. The molecule has 0 bridgehead atoms. The maximum absolute atomic E-state index is 12.0. The summed E-state index contributed by atoms with van der Waals surface area (Å²) in [7, 11) is 1.32. The summed E-state index contributed by atoms with van der Waals surface area (Å²) >= 11 is 0. The molecule has 9 nitrogen and oxygen atoms in total. The first-order valence-corrected chi connectivity index (χ1v) is 6.85. The number of hydrogen-bond acceptors (Lipinski definition) is 8. The molecular formula is C14H17NO8. The molecule has 1 fully saturated rings. The number of esters is 1. The van der Waals surface area contributed by atoms with Crippen LogP contribution in [0.4, 0.5) is 5.69 Å². The normalized spacial score (nSPS) is 28.3. The van der Waals surface area contributed by atoms with E-state index < -0.39 is 41.6 Å². The summed E-state index contributed by atoms with van der Waals surface area (Å²) in [5, 5.41) is 30.2. The Morgan fingerprint density at radius 1 is 1.30 bits per heavy atom. The van der Waals surface area contributed by atoms with Gasteiger partial charge in [0.25, 0.3) is 5.69 Å². The van der Waals surface area contributed by atoms with Gasteiger partial charge in [-0.25, -0.2) is 4.79 Å². The summed E-state index contributed by atoms with van der Waals surface area (Å²) in [5.41, 5.74) is -0.0195. The molecule has 1 aliphatic rings. The van der Waals surface area contributed by atoms with Gasteiger partial charge in [0, 0.05) is 19.2 Å². The number of ether oxygens (including phenoxy) is 3. The summed E-state index contributed by atoms with van der Waals surface area (Å²) in [6, 6.07) is 4.91. The van der Waals surface area contributed by atoms with Crippen LogP contribution in [0.2, 0.25) is 0 Å². The smallest absolute Gasteiger partial charge is 0.338 e. The van der Waals surface area contributed by atoms with Crippen LogP contribution in [0, 0.1) is 10.1 Å². The fourth-order valence-electron chi connectivity index (χ4n) is 2.28. The summed E-state index contributed by atoms with van der Waals surface area (Å²) in [6.45, 7) is 1.50. The number of nitro groups is 1. The second-order valence-electron chi connectivity index (χ2n) is 5.10. The van der Waals surface area contributed by atoms with Crippen LogP contribution in [0.15, 0.2) is 24.3 Å². The van der Waals surface area contributed by atoms with Crippen molar-refractivity contribution in [1.82, 2.24) is 0 Å². The van der Waals surface area contributed by atoms with Gasteiger partial charge in [0.2, 0.25) is 0 Å². The summed E-state index contributed by atoms with van der Waals surface area (Å²) in [6.07, 6.45) is -5.32. The van der Waals surface area contributed by atoms with Gasteiger partial charge in [-0.15, -0.1) is 0 Å². The second kappa shape index (κ2) is 7.01. The van der Waals surface area contributed by atoms with E-state index in [1.807, 2.05) is 0 Å². The van der Waals surface area contributed by atoms with Gasteiger partial charge in [0.05, 0.1) is 10.5 Å². The minimum Gasteiger partial charge on any atom is -0.456 e. The molecule has 0 aromatic heterocycles. The number of nitro benzene ring substituents is 1. The molecule has 1 saturated heterocycles. The number of hydrogen-bond donors (Lipinski definition) is 2. The monoisotopic (exact) mass is 327 g/mol. The van der Waals surface area contributed by atoms with Gasteiger partial charge in [-0.2, -0.15) is 0 Å². The largest absolute Gasteiger partial charge is 0.456 e. The van der Waals surface area contributed by atoms with Crippen molar-refractivity contribution in [2.24, 2.45) is 0 Å². The van der Waals surface area contributed by atoms with Crippen molar-refractivity contribution in [2.75, 3.05) is 7.11 Å². The average Bonchev–Trinajstić information content (AvgIpc) is 2.82. The van der Waals surface area contributed by atoms with Crippen molar-refractivity contribution in [1.29, 1.82) is 0 Å². The van der Waals surface area contributed by atoms with Crippen LogP contribution in [0.5, 0.6) is 0 Å². The first-order valence-electron chi connectivity index (χ1n) is 6.85. The molecule has 0 aliphatic carbocycles. The summed E-state index contributed by atoms with van der Waals surface area (Å²) in [4.78, 5) is 22.0. The number of aliphatic hydroxyl groups excluding tert-OH is 2. The van der Waals surface area contributed by atoms with E-state index in [0.717, 1.165) is 0 Å². The molecule has 0 saturated carbocycles. The Hall–Kier alpha value is -2.07. The highest BCUT2D eigenvalue weighted by Crippen LogP contribution is 2.26. The SMILES string of the molecule is COC1O[C@H]([C@@H](C)OC(=O)c2ccc([N+](=O)[O-])cc2)[C@@H](O)[C@H]1O. The van der Waals surface area contributed by atoms with Gasteiger partial charge in [0.15, 0.2) is 6.29 Å². The highest BCUT2D eigenvalue weighted by molar-refractivity contribution is 5.89. The van der Waals surface area contributed by atoms with E-state index in [2.05, 4.69) is 0 Å². The molecule has 1 aliphatic heterocycles. The fraction of sp³-hybridized carbons (Fsp3) is 0.500. The Morgan fingerprint density at radius 2 is 1.91 bits per heavy atom. The predicted molar refractivity (Wildman–Crippen MR) is 75.7 cm³/mol. The first kappa shape index (κ1) is 17.3. The highest BCUT2D eigenvalue weighted by Gasteiger charge is 2.46. The fourth-order valence-corrected chi connectivity index (χ4v) is 2.28. The molecule has 0 spiro atoms. The van der Waals surface area contributed by atoms with Crippen LogP contribution >= 0.6 is 0 Å². The lowest BCUT2D eigenvalue weighted by Gasteiger charge is -2.22. The van der Waals surface area contributed by atoms with Gasteiger partial charge in [-0.05, 0) is 19.1 Å². The van der Waals surface area contributed by atoms with E-state index >= 15 is 0 Å². The molecule has 5 atom stereocenters. The zero-order valence-corrected chi connectivity index (χ0v) is 12.5. The van der Waals surface area contributed by atoms with Crippen molar-refractivity contribution in [3.05, 3.63) is 39.9 Å². The first-order chi connectivity index (χ1) is 10.8. The van der Waals surface area contributed by atoms with E-state index in [0.29, 0.717) is 0 Å². The number of methoxy groups -OCH3 is 1. The topological polar surface area (TPSA) is 128 Å². The number of nitrogens with zero attached hydrogens (tertiary/aromatic N) is 1. The van der Waals surface area contributed by atoms with Gasteiger partial charge < -0.3 is 24.4 Å². The van der Waals surface area contributed by atoms with Gasteiger partial charge in [-0.3, -0.25) is 10.1 Å². The lowest BCUT2D eigenvalue weighted by molar-refractivity contribution is -0.384. The molecule has 1 heterocycles. The highest BCUT2D eigenvalue weighted by atomic mass is 16.7. The minimum atomic E-state index is -1.26. The number of carbonyl (C=O) groups excluding carboxylic acids is 1. The number of non-ortho nitro benzene ring substituents is 1. The van der Waals surface area contributed by atoms with Crippen molar-refractivity contribution < 1.29 is 34.1 Å². The zero-order chi connectivity index (χ0) is 17.1. The van der Waals surface area contributed by atoms with E-state index in [1.54, 1.807) is 0 Å². The average molecular weight is 327 g/mol. The van der Waals surface area contributed by atoms with E-state index in [9.17, 15) is 25.1 Å². The number of rotatable bonds is 5. The van der Waals surface area contributed by atoms with Crippen molar-refractivity contribution in [2.45, 2.75) is 37.6 Å². The molecule has 0 amide bonds. The summed E-state index contributed by atoms with van der Waals surface area (Å²) in [5.74, 6) is -0.724. The van der Waals surface area contributed by atoms with Crippen molar-refractivity contribution >= 4 is 11.7 Å². The molecule has 9 heteroatoms. The molecule has 2 N–H and O–H groups in total. The molecule has 1 aromatic carbocycles. The van der Waals surface area contributed by atoms with Crippen LogP contribution in [0.1, 0.15) is 17.3 Å². The van der Waals surface area contributed by atoms with E-state index in [1.165, 1.54) is 38.3 Å². The molecule has 1 aromatic rings. The van der Waals surface area contributed by atoms with Gasteiger partial charge in [-0.1, -0.05) is 0 Å². The van der Waals surface area contributed by atoms with Gasteiger partial charge in [0.1, 0.15) is 24.4 Å². The molecule has 23 heavy (non-hydrogen) atoms. The molecular weight excluding hydrogens is 310 g/mol. The minimum absolute atomic E-state index is 0.124. The molecule has 1 unspecified atom stereocenters. The maximum Gasteiger partial charge on any atom is 0.338 e. The standard InChI is InChI=1S/C14H17NO8/c1-7(12-10(16)11(17)14(21-2)23-12)22-13(18)8-3-5-9(6-4-8)15(19)20/h3-7,10-12,14,16-17H,1-2H3/t7-,10+,11-,12-,14?/m1/s1. The Kier molecular flexibility index (Phi) is 5.26. The van der Waals surface area contributed by atoms with E-state index in [-0.39, 0.29) is 11.3 Å². The number of aliphatic hydroxyl groups is 2. The van der Waals surface area contributed by atoms with E-state index in [4.69, 9.17) is 14.2 Å². The van der Waals surface area contributed by atoms with Gasteiger partial charge >= 0.3 is 5.97 Å². The third-order valence-electron chi connectivity index (χ3n) is 3.56. The predicted octanol–water partition coefficient (Wildman–Crippen LogP) is 0.233. The number of carbonyl (C=O) groups is 1. The molecule has 2 rings (SSSR count). The molecule has 126 valence electrons. The molecule has 0 radical (unpaired) electrons. The van der Waals surface area contributed by atoms with Crippen molar-refractivity contribution in [3.8, 4) is 0 Å². The Morgan fingerprint density at radius 3 is 2.39 bits per heavy atom. The summed E-state index contributed by atoms with van der Waals surface area (Å²) < 4.78 is 15.3. The van der Waals surface area contributed by atoms with Crippen LogP contribution in [0.3, 0.4) is 0 Å². The quantitative estimate of drug-likeness (QED) is 0.447. The maximum atomic E-state index is 12.0. The Labute approximate surface area is 131 Å². The lowest BCUT2D eigenvalue weighted by Crippen LogP contribution is -2.39. The van der Waals surface area contributed by atoms with Crippen LogP contribution in [0.25, 0.3) is 0 Å². The lowest BCUT2D eigenvalue weighted by atomic mass is 10.1. The van der Waals surface area contributed by atoms with Crippen LogP contribution in [-0.4, -0.2) is 58.9 Å². The van der Waals surface area contributed by atoms with Crippen LogP contribution in [-0.2, 0) is 14.2 Å². The zero-order valence-electron chi connectivity index (χ0n) is 12.5.